The Kier molecular flexibility index (Phi) is 3.51. The Morgan fingerprint density at radius 1 is 1.00 bits per heavy atom. The van der Waals surface area contributed by atoms with Gasteiger partial charge < -0.3 is 5.73 Å². The van der Waals surface area contributed by atoms with Crippen LogP contribution in [0.3, 0.4) is 0 Å². The number of hydrogen-bond donors (Lipinski definition) is 1. The van der Waals surface area contributed by atoms with E-state index in [4.69, 9.17) is 5.73 Å². The van der Waals surface area contributed by atoms with Gasteiger partial charge in [0.1, 0.15) is 0 Å². The zero-order chi connectivity index (χ0) is 13.1. The fourth-order valence-electron chi connectivity index (χ4n) is 2.95. The summed E-state index contributed by atoms with van der Waals surface area (Å²) in [5.74, 6) is 0.588. The summed E-state index contributed by atoms with van der Waals surface area (Å²) in [6.07, 6.45) is 1.21. The van der Waals surface area contributed by atoms with Crippen LogP contribution in [-0.2, 0) is 6.54 Å². The molecule has 1 heterocycles. The molecule has 1 fully saturated rings. The quantitative estimate of drug-likeness (QED) is 0.850. The molecule has 19 heavy (non-hydrogen) atoms. The number of nitrogen functional groups attached to an aromatic ring is 1. The zero-order valence-electron chi connectivity index (χ0n) is 11.1. The van der Waals surface area contributed by atoms with Crippen molar-refractivity contribution in [1.82, 2.24) is 4.90 Å². The van der Waals surface area contributed by atoms with Crippen molar-refractivity contribution in [2.75, 3.05) is 18.8 Å². The summed E-state index contributed by atoms with van der Waals surface area (Å²) >= 11 is 0. The molecule has 1 aliphatic rings. The number of hydrogen-bond acceptors (Lipinski definition) is 2. The molecule has 2 aromatic carbocycles. The van der Waals surface area contributed by atoms with E-state index in [-0.39, 0.29) is 0 Å². The van der Waals surface area contributed by atoms with Crippen molar-refractivity contribution in [3.8, 4) is 0 Å². The van der Waals surface area contributed by atoms with Gasteiger partial charge in [0.15, 0.2) is 0 Å². The molecule has 0 aromatic heterocycles. The molecular formula is C17H20N2. The average molecular weight is 252 g/mol. The Bertz CT molecular complexity index is 536. The second kappa shape index (κ2) is 5.45. The maximum atomic E-state index is 6.08. The van der Waals surface area contributed by atoms with Crippen LogP contribution in [0.1, 0.15) is 23.5 Å². The third kappa shape index (κ3) is 2.79. The van der Waals surface area contributed by atoms with Crippen molar-refractivity contribution in [3.63, 3.8) is 0 Å². The van der Waals surface area contributed by atoms with E-state index in [0.29, 0.717) is 5.92 Å². The van der Waals surface area contributed by atoms with Crippen molar-refractivity contribution in [3.05, 3.63) is 65.7 Å². The maximum Gasteiger partial charge on any atom is 0.0349 e. The average Bonchev–Trinajstić information content (AvgIpc) is 2.89. The topological polar surface area (TPSA) is 29.3 Å². The monoisotopic (exact) mass is 252 g/mol. The maximum absolute atomic E-state index is 6.08. The van der Waals surface area contributed by atoms with Crippen molar-refractivity contribution >= 4 is 5.69 Å². The van der Waals surface area contributed by atoms with Crippen LogP contribution in [0.25, 0.3) is 0 Å². The first-order chi connectivity index (χ1) is 9.33. The van der Waals surface area contributed by atoms with E-state index in [1.54, 1.807) is 0 Å². The molecule has 1 aliphatic heterocycles. The molecule has 2 nitrogen and oxygen atoms in total. The van der Waals surface area contributed by atoms with Crippen molar-refractivity contribution in [2.24, 2.45) is 0 Å². The van der Waals surface area contributed by atoms with Crippen LogP contribution in [0, 0.1) is 0 Å². The lowest BCUT2D eigenvalue weighted by atomic mass is 9.97. The highest BCUT2D eigenvalue weighted by atomic mass is 15.1. The number of nitrogens with zero attached hydrogens (tertiary/aromatic N) is 1. The Morgan fingerprint density at radius 2 is 1.74 bits per heavy atom. The van der Waals surface area contributed by atoms with Crippen LogP contribution in [0.5, 0.6) is 0 Å². The molecule has 0 spiro atoms. The summed E-state index contributed by atoms with van der Waals surface area (Å²) in [5.41, 5.74) is 9.73. The Labute approximate surface area is 114 Å². The van der Waals surface area contributed by atoms with Gasteiger partial charge in [-0.1, -0.05) is 48.5 Å². The molecule has 2 N–H and O–H groups in total. The molecule has 1 saturated heterocycles. The Morgan fingerprint density at radius 3 is 2.53 bits per heavy atom. The van der Waals surface area contributed by atoms with Gasteiger partial charge >= 0.3 is 0 Å². The second-order valence-corrected chi connectivity index (χ2v) is 5.34. The van der Waals surface area contributed by atoms with Gasteiger partial charge in [0.25, 0.3) is 0 Å². The van der Waals surface area contributed by atoms with Crippen molar-refractivity contribution in [2.45, 2.75) is 18.9 Å². The molecule has 2 aromatic rings. The molecule has 3 rings (SSSR count). The van der Waals surface area contributed by atoms with E-state index in [2.05, 4.69) is 47.4 Å². The molecule has 0 saturated carbocycles. The fraction of sp³-hybridized carbons (Fsp3) is 0.294. The summed E-state index contributed by atoms with van der Waals surface area (Å²) in [6.45, 7) is 3.32. The third-order valence-electron chi connectivity index (χ3n) is 3.96. The molecule has 98 valence electrons. The standard InChI is InChI=1S/C17H20N2/c18-17-9-5-4-8-16(17)15-10-11-19(13-15)12-14-6-2-1-3-7-14/h1-9,15H,10-13,18H2. The van der Waals surface area contributed by atoms with Crippen LogP contribution in [0.2, 0.25) is 0 Å². The van der Waals surface area contributed by atoms with Gasteiger partial charge in [0.2, 0.25) is 0 Å². The summed E-state index contributed by atoms with van der Waals surface area (Å²) in [6, 6.07) is 19.0. The van der Waals surface area contributed by atoms with Crippen LogP contribution >= 0.6 is 0 Å². The summed E-state index contributed by atoms with van der Waals surface area (Å²) in [7, 11) is 0. The minimum atomic E-state index is 0.588. The van der Waals surface area contributed by atoms with Gasteiger partial charge in [-0.25, -0.2) is 0 Å². The van der Waals surface area contributed by atoms with Gasteiger partial charge in [0.05, 0.1) is 0 Å². The van der Waals surface area contributed by atoms with E-state index in [9.17, 15) is 0 Å². The van der Waals surface area contributed by atoms with Gasteiger partial charge in [-0.3, -0.25) is 4.90 Å². The van der Waals surface area contributed by atoms with Crippen LogP contribution in [0.4, 0.5) is 5.69 Å². The highest BCUT2D eigenvalue weighted by Crippen LogP contribution is 2.31. The number of likely N-dealkylation sites (tertiary alicyclic amines) is 1. The molecular weight excluding hydrogens is 232 g/mol. The van der Waals surface area contributed by atoms with E-state index in [1.807, 2.05) is 12.1 Å². The molecule has 0 bridgehead atoms. The lowest BCUT2D eigenvalue weighted by Crippen LogP contribution is -2.19. The fourth-order valence-corrected chi connectivity index (χ4v) is 2.95. The first-order valence-corrected chi connectivity index (χ1v) is 6.93. The number of nitrogens with two attached hydrogens (primary N) is 1. The smallest absolute Gasteiger partial charge is 0.0349 e. The number of benzene rings is 2. The molecule has 1 unspecified atom stereocenters. The number of rotatable bonds is 3. The summed E-state index contributed by atoms with van der Waals surface area (Å²) in [4.78, 5) is 2.52. The third-order valence-corrected chi connectivity index (χ3v) is 3.96. The Hall–Kier alpha value is -1.80. The van der Waals surface area contributed by atoms with E-state index >= 15 is 0 Å². The van der Waals surface area contributed by atoms with Crippen molar-refractivity contribution < 1.29 is 0 Å². The highest BCUT2D eigenvalue weighted by Gasteiger charge is 2.24. The van der Waals surface area contributed by atoms with E-state index in [0.717, 1.165) is 25.3 Å². The predicted molar refractivity (Wildman–Crippen MR) is 79.9 cm³/mol. The van der Waals surface area contributed by atoms with E-state index in [1.165, 1.54) is 17.5 Å². The highest BCUT2D eigenvalue weighted by molar-refractivity contribution is 5.48. The minimum absolute atomic E-state index is 0.588. The van der Waals surface area contributed by atoms with Gasteiger partial charge in [0, 0.05) is 18.8 Å². The van der Waals surface area contributed by atoms with Gasteiger partial charge in [-0.05, 0) is 36.1 Å². The molecule has 0 amide bonds. The van der Waals surface area contributed by atoms with Crippen LogP contribution in [0.15, 0.2) is 54.6 Å². The van der Waals surface area contributed by atoms with E-state index < -0.39 is 0 Å². The number of para-hydroxylation sites is 1. The normalized spacial score (nSPS) is 19.7. The lowest BCUT2D eigenvalue weighted by Gasteiger charge is -2.17. The minimum Gasteiger partial charge on any atom is -0.398 e. The molecule has 0 aliphatic carbocycles. The summed E-state index contributed by atoms with van der Waals surface area (Å²) in [5, 5.41) is 0. The predicted octanol–water partition coefficient (Wildman–Crippen LogP) is 3.26. The zero-order valence-corrected chi connectivity index (χ0v) is 11.1. The van der Waals surface area contributed by atoms with Crippen molar-refractivity contribution in [1.29, 1.82) is 0 Å². The second-order valence-electron chi connectivity index (χ2n) is 5.34. The number of anilines is 1. The first-order valence-electron chi connectivity index (χ1n) is 6.93. The van der Waals surface area contributed by atoms with Gasteiger partial charge in [-0.2, -0.15) is 0 Å². The van der Waals surface area contributed by atoms with Crippen LogP contribution < -0.4 is 5.73 Å². The molecule has 0 radical (unpaired) electrons. The lowest BCUT2D eigenvalue weighted by molar-refractivity contribution is 0.327. The molecule has 2 heteroatoms. The SMILES string of the molecule is Nc1ccccc1C1CCN(Cc2ccccc2)C1. The van der Waals surface area contributed by atoms with Crippen LogP contribution in [-0.4, -0.2) is 18.0 Å². The summed E-state index contributed by atoms with van der Waals surface area (Å²) < 4.78 is 0. The largest absolute Gasteiger partial charge is 0.398 e. The first kappa shape index (κ1) is 12.2. The Balaban J connectivity index is 1.66. The molecule has 1 atom stereocenters. The van der Waals surface area contributed by atoms with Gasteiger partial charge in [-0.15, -0.1) is 0 Å².